The number of hydrogen-bond donors (Lipinski definition) is 1. The van der Waals surface area contributed by atoms with Crippen LogP contribution in [-0.4, -0.2) is 23.5 Å². The molecule has 1 aliphatic heterocycles. The van der Waals surface area contributed by atoms with Crippen molar-refractivity contribution in [2.75, 3.05) is 6.54 Å². The maximum atomic E-state index is 13.8. The molecule has 2 N–H and O–H groups in total. The maximum absolute atomic E-state index is 13.8. The lowest BCUT2D eigenvalue weighted by molar-refractivity contribution is 0.611. The minimum atomic E-state index is -0.271. The molecule has 0 aliphatic carbocycles. The number of thiazole rings is 1. The molecule has 1 aromatic carbocycles. The largest absolute Gasteiger partial charge is 0.398 e. The highest BCUT2D eigenvalue weighted by Crippen LogP contribution is 2.14. The van der Waals surface area contributed by atoms with Gasteiger partial charge in [0, 0.05) is 29.1 Å². The third kappa shape index (κ3) is 4.58. The molecule has 2 aromatic rings. The van der Waals surface area contributed by atoms with Crippen LogP contribution in [0.5, 0.6) is 0 Å². The summed E-state index contributed by atoms with van der Waals surface area (Å²) in [6.07, 6.45) is 10.9. The summed E-state index contributed by atoms with van der Waals surface area (Å²) in [5.74, 6) is -0.271. The molecule has 0 unspecified atom stereocenters. The van der Waals surface area contributed by atoms with E-state index >= 15 is 0 Å². The van der Waals surface area contributed by atoms with Gasteiger partial charge in [0.2, 0.25) is 0 Å². The van der Waals surface area contributed by atoms with Gasteiger partial charge in [0.25, 0.3) is 0 Å². The second-order valence-corrected chi connectivity index (χ2v) is 6.19. The fourth-order valence-electron chi connectivity index (χ4n) is 2.24. The Morgan fingerprint density at radius 1 is 1.32 bits per heavy atom. The summed E-state index contributed by atoms with van der Waals surface area (Å²) >= 11 is 1.46. The van der Waals surface area contributed by atoms with Gasteiger partial charge in [0.05, 0.1) is 18.8 Å². The Balaban J connectivity index is 1.90. The normalized spacial score (nSPS) is 15.2. The topological polar surface area (TPSA) is 63.6 Å². The summed E-state index contributed by atoms with van der Waals surface area (Å²) in [5, 5.41) is 2.61. The van der Waals surface area contributed by atoms with E-state index in [2.05, 4.69) is 15.0 Å². The van der Waals surface area contributed by atoms with Crippen LogP contribution in [0.4, 0.5) is 4.39 Å². The van der Waals surface area contributed by atoms with Crippen molar-refractivity contribution in [1.29, 1.82) is 0 Å². The van der Waals surface area contributed by atoms with Crippen LogP contribution in [-0.2, 0) is 6.54 Å². The van der Waals surface area contributed by atoms with Gasteiger partial charge in [-0.1, -0.05) is 30.4 Å². The zero-order valence-electron chi connectivity index (χ0n) is 13.5. The van der Waals surface area contributed by atoms with Gasteiger partial charge < -0.3 is 5.73 Å². The van der Waals surface area contributed by atoms with Crippen LogP contribution >= 0.6 is 11.3 Å². The smallest absolute Gasteiger partial charge is 0.141 e. The highest BCUT2D eigenvalue weighted by Gasteiger charge is 2.08. The number of hydrogen-bond acceptors (Lipinski definition) is 5. The van der Waals surface area contributed by atoms with Crippen molar-refractivity contribution in [2.24, 2.45) is 15.7 Å². The number of nitrogens with two attached hydrogens (primary N) is 1. The Bertz CT molecular complexity index is 877. The van der Waals surface area contributed by atoms with Crippen molar-refractivity contribution in [3.05, 3.63) is 87.8 Å². The fourth-order valence-corrected chi connectivity index (χ4v) is 2.85. The van der Waals surface area contributed by atoms with Crippen LogP contribution < -0.4 is 5.73 Å². The summed E-state index contributed by atoms with van der Waals surface area (Å²) in [6.45, 7) is 0.732. The predicted octanol–water partition coefficient (Wildman–Crippen LogP) is 3.68. The van der Waals surface area contributed by atoms with E-state index in [1.165, 1.54) is 17.4 Å². The van der Waals surface area contributed by atoms with E-state index in [1.54, 1.807) is 36.7 Å². The number of halogens is 1. The van der Waals surface area contributed by atoms with Crippen LogP contribution in [0.15, 0.2) is 81.4 Å². The van der Waals surface area contributed by atoms with Crippen molar-refractivity contribution in [3.8, 4) is 0 Å². The molecule has 1 aromatic heterocycles. The first kappa shape index (κ1) is 17.0. The Morgan fingerprint density at radius 3 is 3.00 bits per heavy atom. The second-order valence-electron chi connectivity index (χ2n) is 5.30. The van der Waals surface area contributed by atoms with Crippen molar-refractivity contribution in [1.82, 2.24) is 4.98 Å². The number of nitrogens with zero attached hydrogens (tertiary/aromatic N) is 3. The van der Waals surface area contributed by atoms with Crippen LogP contribution in [0.25, 0.3) is 0 Å². The highest BCUT2D eigenvalue weighted by molar-refractivity contribution is 7.11. The lowest BCUT2D eigenvalue weighted by Gasteiger charge is -2.06. The summed E-state index contributed by atoms with van der Waals surface area (Å²) < 4.78 is 13.8. The van der Waals surface area contributed by atoms with Gasteiger partial charge in [-0.2, -0.15) is 0 Å². The molecule has 0 bridgehead atoms. The molecule has 6 heteroatoms. The summed E-state index contributed by atoms with van der Waals surface area (Å²) in [6, 6.07) is 6.61. The molecular formula is C19H17FN4S. The van der Waals surface area contributed by atoms with Gasteiger partial charge in [-0.3, -0.25) is 9.98 Å². The van der Waals surface area contributed by atoms with Crippen LogP contribution in [0.3, 0.4) is 0 Å². The van der Waals surface area contributed by atoms with Gasteiger partial charge in [-0.25, -0.2) is 9.37 Å². The number of aromatic nitrogens is 1. The monoisotopic (exact) mass is 352 g/mol. The molecule has 0 amide bonds. The zero-order chi connectivity index (χ0) is 17.5. The van der Waals surface area contributed by atoms with E-state index in [9.17, 15) is 4.39 Å². The molecule has 2 heterocycles. The minimum absolute atomic E-state index is 0.225. The highest BCUT2D eigenvalue weighted by atomic mass is 32.1. The number of benzene rings is 1. The first-order chi connectivity index (χ1) is 12.2. The van der Waals surface area contributed by atoms with E-state index in [4.69, 9.17) is 5.73 Å². The molecule has 1 aliphatic rings. The van der Waals surface area contributed by atoms with E-state index in [0.29, 0.717) is 23.5 Å². The van der Waals surface area contributed by atoms with Crippen LogP contribution in [0.1, 0.15) is 10.6 Å². The van der Waals surface area contributed by atoms with Crippen molar-refractivity contribution in [2.45, 2.75) is 6.54 Å². The first-order valence-electron chi connectivity index (χ1n) is 7.75. The average Bonchev–Trinajstić information content (AvgIpc) is 3.01. The standard InChI is InChI=1S/C19H17FN4S/c20-16-7-2-1-5-14(16)13-24-18(19-23-9-10-25-19)11-17(21)15-6-3-4-8-22-12-15/h1-11H,12-13,21H2. The SMILES string of the molecule is NC(=CC(=NCc1ccccc1F)c1nccs1)C1=CC=CC=NC1. The predicted molar refractivity (Wildman–Crippen MR) is 102 cm³/mol. The van der Waals surface area contributed by atoms with Crippen molar-refractivity contribution >= 4 is 23.3 Å². The quantitative estimate of drug-likeness (QED) is 0.834. The van der Waals surface area contributed by atoms with E-state index in [0.717, 1.165) is 10.6 Å². The fraction of sp³-hybridized carbons (Fsp3) is 0.105. The molecule has 0 atom stereocenters. The summed E-state index contributed by atoms with van der Waals surface area (Å²) in [5.41, 5.74) is 8.87. The number of aliphatic imine (C=N–C) groups is 2. The van der Waals surface area contributed by atoms with Crippen molar-refractivity contribution < 1.29 is 4.39 Å². The van der Waals surface area contributed by atoms with Crippen LogP contribution in [0, 0.1) is 5.82 Å². The van der Waals surface area contributed by atoms with Gasteiger partial charge >= 0.3 is 0 Å². The average molecular weight is 352 g/mol. The lowest BCUT2D eigenvalue weighted by Crippen LogP contribution is -2.08. The molecule has 0 fully saturated rings. The molecule has 4 nitrogen and oxygen atoms in total. The Hall–Kier alpha value is -2.86. The minimum Gasteiger partial charge on any atom is -0.398 e. The Labute approximate surface area is 149 Å². The molecule has 0 saturated carbocycles. The zero-order valence-corrected chi connectivity index (χ0v) is 14.3. The van der Waals surface area contributed by atoms with Gasteiger partial charge in [0.1, 0.15) is 10.8 Å². The van der Waals surface area contributed by atoms with E-state index < -0.39 is 0 Å². The van der Waals surface area contributed by atoms with Gasteiger partial charge in [-0.05, 0) is 23.8 Å². The third-order valence-corrected chi connectivity index (χ3v) is 4.35. The van der Waals surface area contributed by atoms with Crippen molar-refractivity contribution in [3.63, 3.8) is 0 Å². The first-order valence-corrected chi connectivity index (χ1v) is 8.63. The molecule has 126 valence electrons. The molecule has 0 radical (unpaired) electrons. The molecule has 0 saturated heterocycles. The Kier molecular flexibility index (Phi) is 5.64. The van der Waals surface area contributed by atoms with Gasteiger partial charge in [-0.15, -0.1) is 11.3 Å². The number of allylic oxidation sites excluding steroid dienone is 4. The molecule has 0 spiro atoms. The summed E-state index contributed by atoms with van der Waals surface area (Å²) in [7, 11) is 0. The second kappa shape index (κ2) is 8.30. The molecule has 3 rings (SSSR count). The molecule has 25 heavy (non-hydrogen) atoms. The third-order valence-electron chi connectivity index (χ3n) is 3.55. The Morgan fingerprint density at radius 2 is 2.20 bits per heavy atom. The van der Waals surface area contributed by atoms with Crippen LogP contribution in [0.2, 0.25) is 0 Å². The number of rotatable bonds is 5. The van der Waals surface area contributed by atoms with E-state index in [1.807, 2.05) is 23.6 Å². The van der Waals surface area contributed by atoms with E-state index in [-0.39, 0.29) is 12.4 Å². The maximum Gasteiger partial charge on any atom is 0.141 e. The lowest BCUT2D eigenvalue weighted by atomic mass is 10.1. The summed E-state index contributed by atoms with van der Waals surface area (Å²) in [4.78, 5) is 13.1. The molecular weight excluding hydrogens is 335 g/mol. The van der Waals surface area contributed by atoms with Gasteiger partial charge in [0.15, 0.2) is 0 Å².